The molecular formula is C7H14N2S. The van der Waals surface area contributed by atoms with Gasteiger partial charge in [-0.2, -0.15) is 0 Å². The summed E-state index contributed by atoms with van der Waals surface area (Å²) >= 11 is 1.56. The molecule has 1 unspecified atom stereocenters. The van der Waals surface area contributed by atoms with E-state index in [4.69, 9.17) is 11.5 Å². The average molecular weight is 158 g/mol. The topological polar surface area (TPSA) is 48.3 Å². The quantitative estimate of drug-likeness (QED) is 0.615. The first kappa shape index (κ1) is 10.0. The lowest BCUT2D eigenvalue weighted by molar-refractivity contribution is 0.767. The smallest absolute Gasteiger partial charge is 0.0548 e. The van der Waals surface area contributed by atoms with E-state index < -0.39 is 0 Å². The van der Waals surface area contributed by atoms with Crippen LogP contribution < -0.4 is 11.5 Å². The normalized spacial score (nSPS) is 14.3. The summed E-state index contributed by atoms with van der Waals surface area (Å²) in [6, 6.07) is 0. The molecule has 0 amide bonds. The van der Waals surface area contributed by atoms with Gasteiger partial charge in [-0.1, -0.05) is 19.4 Å². The summed E-state index contributed by atoms with van der Waals surface area (Å²) in [7, 11) is 0. The van der Waals surface area contributed by atoms with Crippen molar-refractivity contribution in [3.8, 4) is 0 Å². The maximum Gasteiger partial charge on any atom is 0.0548 e. The molecule has 0 saturated heterocycles. The molecule has 0 aliphatic rings. The molecule has 0 heterocycles. The third-order valence-electron chi connectivity index (χ3n) is 1.03. The molecular weight excluding hydrogens is 144 g/mol. The van der Waals surface area contributed by atoms with Crippen LogP contribution in [0.2, 0.25) is 0 Å². The third kappa shape index (κ3) is 6.13. The molecule has 2 nitrogen and oxygen atoms in total. The summed E-state index contributed by atoms with van der Waals surface area (Å²) < 4.78 is 0. The lowest BCUT2D eigenvalue weighted by atomic mass is 10.3. The van der Waals surface area contributed by atoms with Crippen molar-refractivity contribution in [3.63, 3.8) is 0 Å². The highest BCUT2D eigenvalue weighted by Crippen LogP contribution is 2.11. The zero-order chi connectivity index (χ0) is 7.82. The van der Waals surface area contributed by atoms with Crippen LogP contribution in [0, 0.1) is 0 Å². The molecule has 0 spiro atoms. The molecule has 0 fully saturated rings. The van der Waals surface area contributed by atoms with Crippen molar-refractivity contribution in [1.82, 2.24) is 5.73 Å². The van der Waals surface area contributed by atoms with Gasteiger partial charge >= 0.3 is 0 Å². The molecule has 0 aliphatic carbocycles. The zero-order valence-electron chi connectivity index (χ0n) is 6.29. The van der Waals surface area contributed by atoms with E-state index in [-0.39, 0.29) is 11.9 Å². The fourth-order valence-corrected chi connectivity index (χ4v) is 1.32. The molecule has 0 aromatic carbocycles. The van der Waals surface area contributed by atoms with Crippen LogP contribution >= 0.6 is 11.8 Å². The van der Waals surface area contributed by atoms with Crippen LogP contribution in [0.1, 0.15) is 19.8 Å². The number of nitrogens with zero attached hydrogens (tertiary/aromatic N) is 1. The highest BCUT2D eigenvalue weighted by atomic mass is 32.2. The maximum atomic E-state index is 8.37. The second kappa shape index (κ2) is 7.12. The second-order valence-electron chi connectivity index (χ2n) is 2.02. The monoisotopic (exact) mass is 158 g/mol. The molecule has 0 bridgehead atoms. The molecule has 1 atom stereocenters. The van der Waals surface area contributed by atoms with Crippen LogP contribution in [0.3, 0.4) is 0 Å². The maximum absolute atomic E-state index is 8.37. The van der Waals surface area contributed by atoms with Crippen molar-refractivity contribution in [2.45, 2.75) is 25.1 Å². The third-order valence-corrected chi connectivity index (χ3v) is 1.96. The summed E-state index contributed by atoms with van der Waals surface area (Å²) in [5.41, 5.74) is 14.0. The Morgan fingerprint density at radius 2 is 2.40 bits per heavy atom. The first-order valence-electron chi connectivity index (χ1n) is 3.48. The molecule has 58 valence electrons. The molecule has 2 N–H and O–H groups in total. The number of hydrogen-bond donors (Lipinski definition) is 1. The predicted octanol–water partition coefficient (Wildman–Crippen LogP) is 1.39. The van der Waals surface area contributed by atoms with E-state index >= 15 is 0 Å². The van der Waals surface area contributed by atoms with Crippen LogP contribution in [0.5, 0.6) is 0 Å². The molecule has 3 heteroatoms. The minimum Gasteiger partial charge on any atom is -0.319 e. The Kier molecular flexibility index (Phi) is 7.13. The first-order valence-corrected chi connectivity index (χ1v) is 4.42. The molecule has 0 aromatic heterocycles. The largest absolute Gasteiger partial charge is 0.319 e. The fraction of sp³-hybridized carbons (Fsp3) is 0.714. The van der Waals surface area contributed by atoms with Gasteiger partial charge in [-0.25, -0.2) is 0 Å². The Labute approximate surface area is 67.0 Å². The van der Waals surface area contributed by atoms with E-state index in [0.717, 1.165) is 12.8 Å². The highest BCUT2D eigenvalue weighted by molar-refractivity contribution is 8.02. The summed E-state index contributed by atoms with van der Waals surface area (Å²) in [4.78, 5) is 0. The van der Waals surface area contributed by atoms with E-state index in [9.17, 15) is 0 Å². The predicted molar refractivity (Wildman–Crippen MR) is 46.6 cm³/mol. The van der Waals surface area contributed by atoms with Gasteiger partial charge in [0.2, 0.25) is 0 Å². The van der Waals surface area contributed by atoms with Crippen LogP contribution in [0.15, 0.2) is 11.5 Å². The Balaban J connectivity index is 3.20. The molecule has 0 aliphatic heterocycles. The SMILES string of the molecule is CCCC(N)SC=CC[N]. The Bertz CT molecular complexity index is 93.6. The van der Waals surface area contributed by atoms with Gasteiger partial charge in [-0.15, -0.1) is 17.5 Å². The van der Waals surface area contributed by atoms with E-state index in [0.29, 0.717) is 0 Å². The summed E-state index contributed by atoms with van der Waals surface area (Å²) in [6.45, 7) is 2.21. The summed E-state index contributed by atoms with van der Waals surface area (Å²) in [5, 5.41) is 2.04. The highest BCUT2D eigenvalue weighted by Gasteiger charge is 1.95. The molecule has 0 saturated carbocycles. The number of hydrogen-bond acceptors (Lipinski definition) is 2. The van der Waals surface area contributed by atoms with Gasteiger partial charge in [0.25, 0.3) is 0 Å². The zero-order valence-corrected chi connectivity index (χ0v) is 7.10. The van der Waals surface area contributed by atoms with Crippen LogP contribution in [0.4, 0.5) is 0 Å². The van der Waals surface area contributed by atoms with E-state index in [1.54, 1.807) is 17.8 Å². The van der Waals surface area contributed by atoms with Crippen molar-refractivity contribution in [2.24, 2.45) is 5.73 Å². The van der Waals surface area contributed by atoms with Gasteiger partial charge < -0.3 is 5.73 Å². The summed E-state index contributed by atoms with van der Waals surface area (Å²) in [6.07, 6.45) is 3.84. The minimum atomic E-state index is 0.103. The van der Waals surface area contributed by atoms with Gasteiger partial charge in [-0.05, 0) is 11.8 Å². The fourth-order valence-electron chi connectivity index (χ4n) is 0.552. The van der Waals surface area contributed by atoms with Crippen molar-refractivity contribution >= 4 is 11.8 Å². The van der Waals surface area contributed by atoms with Crippen LogP contribution in [0.25, 0.3) is 0 Å². The van der Waals surface area contributed by atoms with E-state index in [1.165, 1.54) is 0 Å². The molecule has 10 heavy (non-hydrogen) atoms. The van der Waals surface area contributed by atoms with E-state index in [2.05, 4.69) is 6.92 Å². The van der Waals surface area contributed by atoms with Crippen molar-refractivity contribution in [2.75, 3.05) is 6.54 Å². The Morgan fingerprint density at radius 1 is 1.70 bits per heavy atom. The minimum absolute atomic E-state index is 0.103. The Hall–Kier alpha value is 0.01000. The van der Waals surface area contributed by atoms with Gasteiger partial charge in [-0.3, -0.25) is 0 Å². The van der Waals surface area contributed by atoms with E-state index in [1.807, 2.05) is 5.41 Å². The van der Waals surface area contributed by atoms with Crippen molar-refractivity contribution in [3.05, 3.63) is 11.5 Å². The lowest BCUT2D eigenvalue weighted by Gasteiger charge is -2.04. The number of thioether (sulfide) groups is 1. The van der Waals surface area contributed by atoms with Gasteiger partial charge in [0.15, 0.2) is 0 Å². The number of rotatable bonds is 5. The second-order valence-corrected chi connectivity index (χ2v) is 3.17. The van der Waals surface area contributed by atoms with Crippen molar-refractivity contribution < 1.29 is 0 Å². The van der Waals surface area contributed by atoms with Gasteiger partial charge in [0.05, 0.1) is 11.9 Å². The lowest BCUT2D eigenvalue weighted by Crippen LogP contribution is -2.13. The first-order chi connectivity index (χ1) is 4.81. The van der Waals surface area contributed by atoms with Gasteiger partial charge in [0, 0.05) is 0 Å². The molecule has 2 radical (unpaired) electrons. The molecule has 0 aromatic rings. The van der Waals surface area contributed by atoms with Crippen LogP contribution in [-0.4, -0.2) is 11.9 Å². The standard InChI is InChI=1S/C7H14N2S/c1-2-4-7(9)10-6-3-5-8/h3,6-7H,2,4-5,9H2,1H3. The number of nitrogens with two attached hydrogens (primary N) is 1. The van der Waals surface area contributed by atoms with Gasteiger partial charge in [0.1, 0.15) is 0 Å². The van der Waals surface area contributed by atoms with Crippen LogP contribution in [-0.2, 0) is 0 Å². The Morgan fingerprint density at radius 3 is 2.90 bits per heavy atom. The average Bonchev–Trinajstić information content (AvgIpc) is 1.89. The molecule has 0 rings (SSSR count). The van der Waals surface area contributed by atoms with Crippen molar-refractivity contribution in [1.29, 1.82) is 0 Å². The summed E-state index contributed by atoms with van der Waals surface area (Å²) in [5.74, 6) is 0.